The van der Waals surface area contributed by atoms with Gasteiger partial charge in [-0.1, -0.05) is 31.0 Å². The number of halogens is 2. The van der Waals surface area contributed by atoms with Crippen LogP contribution in [0.15, 0.2) is 18.2 Å². The Kier molecular flexibility index (Phi) is 5.41. The fraction of sp³-hybridized carbons (Fsp3) is 0.562. The average Bonchev–Trinajstić information content (AvgIpc) is 2.44. The minimum absolute atomic E-state index is 0.0131. The van der Waals surface area contributed by atoms with E-state index in [4.69, 9.17) is 11.6 Å². The van der Waals surface area contributed by atoms with Gasteiger partial charge in [0.05, 0.1) is 6.42 Å². The molecule has 1 aliphatic carbocycles. The summed E-state index contributed by atoms with van der Waals surface area (Å²) in [6, 6.07) is 4.72. The SMILES string of the molecule is CCC1CCC(NC(=O)Cc2c(F)cccc2Cl)CC1. The van der Waals surface area contributed by atoms with Gasteiger partial charge >= 0.3 is 0 Å². The molecule has 0 saturated heterocycles. The van der Waals surface area contributed by atoms with E-state index in [9.17, 15) is 9.18 Å². The maximum atomic E-state index is 13.6. The molecule has 2 nitrogen and oxygen atoms in total. The molecule has 0 aliphatic heterocycles. The van der Waals surface area contributed by atoms with Gasteiger partial charge in [-0.25, -0.2) is 4.39 Å². The predicted molar refractivity (Wildman–Crippen MR) is 79.3 cm³/mol. The molecule has 2 rings (SSSR count). The highest BCUT2D eigenvalue weighted by molar-refractivity contribution is 6.31. The molecule has 0 unspecified atom stereocenters. The molecule has 1 amide bonds. The molecule has 1 aliphatic rings. The van der Waals surface area contributed by atoms with Crippen LogP contribution in [0.1, 0.15) is 44.6 Å². The van der Waals surface area contributed by atoms with Gasteiger partial charge < -0.3 is 5.32 Å². The van der Waals surface area contributed by atoms with Gasteiger partial charge in [0.15, 0.2) is 0 Å². The summed E-state index contributed by atoms with van der Waals surface area (Å²) in [6.45, 7) is 2.21. The van der Waals surface area contributed by atoms with Crippen molar-refractivity contribution in [2.45, 2.75) is 51.5 Å². The lowest BCUT2D eigenvalue weighted by atomic mass is 9.84. The van der Waals surface area contributed by atoms with Crippen molar-refractivity contribution >= 4 is 17.5 Å². The summed E-state index contributed by atoms with van der Waals surface area (Å²) in [6.07, 6.45) is 5.61. The molecule has 1 saturated carbocycles. The fourth-order valence-corrected chi connectivity index (χ4v) is 3.09. The lowest BCUT2D eigenvalue weighted by Crippen LogP contribution is -2.38. The van der Waals surface area contributed by atoms with Gasteiger partial charge in [0, 0.05) is 16.6 Å². The van der Waals surface area contributed by atoms with Crippen LogP contribution in [0.4, 0.5) is 4.39 Å². The number of benzene rings is 1. The molecule has 20 heavy (non-hydrogen) atoms. The first-order chi connectivity index (χ1) is 9.60. The van der Waals surface area contributed by atoms with E-state index in [0.717, 1.165) is 18.8 Å². The molecule has 0 radical (unpaired) electrons. The molecule has 0 heterocycles. The molecular formula is C16H21ClFNO. The Bertz CT molecular complexity index is 449. The Morgan fingerprint density at radius 1 is 1.35 bits per heavy atom. The maximum absolute atomic E-state index is 13.6. The summed E-state index contributed by atoms with van der Waals surface area (Å²) >= 11 is 5.93. The molecule has 1 fully saturated rings. The second kappa shape index (κ2) is 7.07. The monoisotopic (exact) mass is 297 g/mol. The Morgan fingerprint density at radius 3 is 2.65 bits per heavy atom. The van der Waals surface area contributed by atoms with Crippen LogP contribution in [-0.2, 0) is 11.2 Å². The van der Waals surface area contributed by atoms with Crippen LogP contribution in [0.2, 0.25) is 5.02 Å². The van der Waals surface area contributed by atoms with Crippen LogP contribution in [-0.4, -0.2) is 11.9 Å². The van der Waals surface area contributed by atoms with E-state index in [1.165, 1.54) is 25.3 Å². The quantitative estimate of drug-likeness (QED) is 0.890. The number of carbonyl (C=O) groups excluding carboxylic acids is 1. The van der Waals surface area contributed by atoms with E-state index in [0.29, 0.717) is 5.02 Å². The van der Waals surface area contributed by atoms with Crippen LogP contribution >= 0.6 is 11.6 Å². The summed E-state index contributed by atoms with van der Waals surface area (Å²) in [4.78, 5) is 12.0. The zero-order valence-electron chi connectivity index (χ0n) is 11.8. The van der Waals surface area contributed by atoms with Crippen molar-refractivity contribution in [3.05, 3.63) is 34.6 Å². The summed E-state index contributed by atoms with van der Waals surface area (Å²) in [5.74, 6) is 0.239. The third-order valence-corrected chi connectivity index (χ3v) is 4.54. The minimum atomic E-state index is -0.414. The van der Waals surface area contributed by atoms with E-state index in [-0.39, 0.29) is 23.9 Å². The highest BCUT2D eigenvalue weighted by Gasteiger charge is 2.22. The maximum Gasteiger partial charge on any atom is 0.224 e. The normalized spacial score (nSPS) is 22.6. The number of hydrogen-bond donors (Lipinski definition) is 1. The van der Waals surface area contributed by atoms with Crippen LogP contribution in [0.25, 0.3) is 0 Å². The Morgan fingerprint density at radius 2 is 2.05 bits per heavy atom. The van der Waals surface area contributed by atoms with Gasteiger partial charge in [-0.05, 0) is 43.7 Å². The van der Waals surface area contributed by atoms with Crippen LogP contribution in [0.3, 0.4) is 0 Å². The van der Waals surface area contributed by atoms with Crippen molar-refractivity contribution in [3.63, 3.8) is 0 Å². The van der Waals surface area contributed by atoms with Crippen molar-refractivity contribution in [3.8, 4) is 0 Å². The van der Waals surface area contributed by atoms with Crippen molar-refractivity contribution in [1.82, 2.24) is 5.32 Å². The smallest absolute Gasteiger partial charge is 0.224 e. The van der Waals surface area contributed by atoms with E-state index >= 15 is 0 Å². The molecule has 110 valence electrons. The van der Waals surface area contributed by atoms with Gasteiger partial charge in [0.25, 0.3) is 0 Å². The van der Waals surface area contributed by atoms with Crippen LogP contribution in [0, 0.1) is 11.7 Å². The zero-order valence-corrected chi connectivity index (χ0v) is 12.5. The largest absolute Gasteiger partial charge is 0.353 e. The molecule has 0 aromatic heterocycles. The third kappa shape index (κ3) is 3.95. The summed E-state index contributed by atoms with van der Waals surface area (Å²) in [5, 5.41) is 3.32. The number of amides is 1. The van der Waals surface area contributed by atoms with E-state index in [1.807, 2.05) is 0 Å². The minimum Gasteiger partial charge on any atom is -0.353 e. The summed E-state index contributed by atoms with van der Waals surface area (Å²) < 4.78 is 13.6. The van der Waals surface area contributed by atoms with Crippen molar-refractivity contribution in [2.24, 2.45) is 5.92 Å². The summed E-state index contributed by atoms with van der Waals surface area (Å²) in [7, 11) is 0. The van der Waals surface area contributed by atoms with E-state index < -0.39 is 5.82 Å². The Balaban J connectivity index is 1.87. The molecule has 0 atom stereocenters. The lowest BCUT2D eigenvalue weighted by Gasteiger charge is -2.28. The van der Waals surface area contributed by atoms with E-state index in [2.05, 4.69) is 12.2 Å². The fourth-order valence-electron chi connectivity index (χ4n) is 2.86. The molecule has 4 heteroatoms. The van der Waals surface area contributed by atoms with E-state index in [1.54, 1.807) is 12.1 Å². The molecule has 0 spiro atoms. The second-order valence-electron chi connectivity index (χ2n) is 5.57. The first-order valence-corrected chi connectivity index (χ1v) is 7.70. The highest BCUT2D eigenvalue weighted by Crippen LogP contribution is 2.26. The predicted octanol–water partition coefficient (Wildman–Crippen LogP) is 4.11. The Labute approximate surface area is 124 Å². The van der Waals surface area contributed by atoms with Crippen molar-refractivity contribution < 1.29 is 9.18 Å². The molecule has 1 N–H and O–H groups in total. The van der Waals surface area contributed by atoms with Crippen molar-refractivity contribution in [1.29, 1.82) is 0 Å². The topological polar surface area (TPSA) is 29.1 Å². The molecule has 1 aromatic carbocycles. The highest BCUT2D eigenvalue weighted by atomic mass is 35.5. The van der Waals surface area contributed by atoms with Gasteiger partial charge in [-0.15, -0.1) is 0 Å². The van der Waals surface area contributed by atoms with Gasteiger partial charge in [0.1, 0.15) is 5.82 Å². The molecule has 0 bridgehead atoms. The zero-order chi connectivity index (χ0) is 14.5. The third-order valence-electron chi connectivity index (χ3n) is 4.19. The lowest BCUT2D eigenvalue weighted by molar-refractivity contribution is -0.121. The van der Waals surface area contributed by atoms with Gasteiger partial charge in [-0.3, -0.25) is 4.79 Å². The molecular weight excluding hydrogens is 277 g/mol. The number of hydrogen-bond acceptors (Lipinski definition) is 1. The molecule has 1 aromatic rings. The van der Waals surface area contributed by atoms with Crippen molar-refractivity contribution in [2.75, 3.05) is 0 Å². The number of carbonyl (C=O) groups is 1. The van der Waals surface area contributed by atoms with Gasteiger partial charge in [0.2, 0.25) is 5.91 Å². The van der Waals surface area contributed by atoms with Crippen LogP contribution in [0.5, 0.6) is 0 Å². The average molecular weight is 298 g/mol. The standard InChI is InChI=1S/C16H21ClFNO/c1-2-11-6-8-12(9-7-11)19-16(20)10-13-14(17)4-3-5-15(13)18/h3-5,11-12H,2,6-10H2,1H3,(H,19,20). The van der Waals surface area contributed by atoms with Gasteiger partial charge in [-0.2, -0.15) is 0 Å². The Hall–Kier alpha value is -1.09. The number of rotatable bonds is 4. The second-order valence-corrected chi connectivity index (χ2v) is 5.98. The first-order valence-electron chi connectivity index (χ1n) is 7.32. The van der Waals surface area contributed by atoms with Crippen LogP contribution < -0.4 is 5.32 Å². The summed E-state index contributed by atoms with van der Waals surface area (Å²) in [5.41, 5.74) is 0.286. The number of nitrogens with one attached hydrogen (secondary N) is 1. The first kappa shape index (κ1) is 15.3.